The zero-order valence-corrected chi connectivity index (χ0v) is 13.0. The number of aryl methyl sites for hydroxylation is 1. The van der Waals surface area contributed by atoms with E-state index in [1.807, 2.05) is 13.1 Å². The first-order valence-corrected chi connectivity index (χ1v) is 7.53. The minimum atomic E-state index is 0.407. The molecule has 0 amide bonds. The van der Waals surface area contributed by atoms with Gasteiger partial charge in [-0.1, -0.05) is 0 Å². The highest BCUT2D eigenvalue weighted by Crippen LogP contribution is 2.29. The number of rotatable bonds is 4. The monoisotopic (exact) mass is 288 g/mol. The number of piperidine rings is 1. The van der Waals surface area contributed by atoms with E-state index in [1.165, 1.54) is 5.69 Å². The van der Waals surface area contributed by atoms with Crippen LogP contribution in [0.3, 0.4) is 0 Å². The van der Waals surface area contributed by atoms with Gasteiger partial charge < -0.3 is 9.88 Å². The number of nitrogens with one attached hydrogen (secondary N) is 2. The van der Waals surface area contributed by atoms with Crippen molar-refractivity contribution in [3.63, 3.8) is 0 Å². The average molecular weight is 288 g/mol. The lowest BCUT2D eigenvalue weighted by Gasteiger charge is -2.40. The molecule has 21 heavy (non-hydrogen) atoms. The summed E-state index contributed by atoms with van der Waals surface area (Å²) in [6.07, 6.45) is 3.09. The molecule has 2 aromatic rings. The van der Waals surface area contributed by atoms with Crippen molar-refractivity contribution < 1.29 is 0 Å². The van der Waals surface area contributed by atoms with Crippen molar-refractivity contribution in [3.05, 3.63) is 35.7 Å². The van der Waals surface area contributed by atoms with Gasteiger partial charge in [0.25, 0.3) is 0 Å². The van der Waals surface area contributed by atoms with E-state index in [-0.39, 0.29) is 0 Å². The quantitative estimate of drug-likeness (QED) is 0.891. The molecule has 1 aliphatic rings. The number of H-pyrrole nitrogens is 2. The molecule has 0 unspecified atom stereocenters. The van der Waals surface area contributed by atoms with Gasteiger partial charge in [0.05, 0.1) is 0 Å². The average Bonchev–Trinajstić information content (AvgIpc) is 3.10. The van der Waals surface area contributed by atoms with Gasteiger partial charge in [-0.2, -0.15) is 5.10 Å². The maximum atomic E-state index is 4.55. The van der Waals surface area contributed by atoms with E-state index in [0.29, 0.717) is 12.0 Å². The van der Waals surface area contributed by atoms with Gasteiger partial charge >= 0.3 is 0 Å². The highest BCUT2D eigenvalue weighted by Gasteiger charge is 2.34. The Bertz CT molecular complexity index is 558. The van der Waals surface area contributed by atoms with Crippen molar-refractivity contribution in [2.24, 2.45) is 0 Å². The van der Waals surface area contributed by atoms with Gasteiger partial charge in [-0.05, 0) is 46.1 Å². The van der Waals surface area contributed by atoms with E-state index in [1.54, 1.807) is 0 Å². The van der Waals surface area contributed by atoms with Crippen molar-refractivity contribution in [2.75, 3.05) is 27.2 Å². The van der Waals surface area contributed by atoms with E-state index >= 15 is 0 Å². The molecule has 3 heterocycles. The third-order valence-corrected chi connectivity index (χ3v) is 4.33. The molecule has 1 aliphatic heterocycles. The summed E-state index contributed by atoms with van der Waals surface area (Å²) in [5.74, 6) is 2.27. The highest BCUT2D eigenvalue weighted by molar-refractivity contribution is 5.08. The Labute approximate surface area is 125 Å². The van der Waals surface area contributed by atoms with E-state index in [4.69, 9.17) is 0 Å². The van der Waals surface area contributed by atoms with Crippen LogP contribution in [-0.2, 0) is 6.54 Å². The smallest absolute Gasteiger partial charge is 0.155 e. The zero-order valence-electron chi connectivity index (χ0n) is 13.0. The molecule has 114 valence electrons. The molecule has 3 rings (SSSR count). The van der Waals surface area contributed by atoms with Crippen LogP contribution in [0.4, 0.5) is 0 Å². The lowest BCUT2D eigenvalue weighted by Crippen LogP contribution is -2.49. The number of aromatic nitrogens is 4. The molecule has 2 aromatic heterocycles. The maximum Gasteiger partial charge on any atom is 0.155 e. The van der Waals surface area contributed by atoms with Crippen LogP contribution in [0.1, 0.15) is 29.7 Å². The summed E-state index contributed by atoms with van der Waals surface area (Å²) in [7, 11) is 4.30. The fourth-order valence-corrected chi connectivity index (χ4v) is 3.20. The van der Waals surface area contributed by atoms with E-state index in [2.05, 4.69) is 56.2 Å². The Balaban J connectivity index is 1.71. The van der Waals surface area contributed by atoms with Gasteiger partial charge in [0.1, 0.15) is 5.82 Å². The zero-order chi connectivity index (χ0) is 14.8. The molecule has 6 nitrogen and oxygen atoms in total. The van der Waals surface area contributed by atoms with Crippen LogP contribution in [0.25, 0.3) is 0 Å². The molecular weight excluding hydrogens is 264 g/mol. The Morgan fingerprint density at radius 1 is 1.43 bits per heavy atom. The molecule has 1 saturated heterocycles. The highest BCUT2D eigenvalue weighted by atomic mass is 15.3. The minimum Gasteiger partial charge on any atom is -0.364 e. The van der Waals surface area contributed by atoms with E-state index in [9.17, 15) is 0 Å². The lowest BCUT2D eigenvalue weighted by atomic mass is 9.90. The molecule has 6 heteroatoms. The summed E-state index contributed by atoms with van der Waals surface area (Å²) in [5.41, 5.74) is 1.28. The molecule has 2 atom stereocenters. The van der Waals surface area contributed by atoms with Gasteiger partial charge in [0, 0.05) is 36.9 Å². The Morgan fingerprint density at radius 2 is 2.29 bits per heavy atom. The van der Waals surface area contributed by atoms with E-state index < -0.39 is 0 Å². The number of hydrogen-bond donors (Lipinski definition) is 2. The lowest BCUT2D eigenvalue weighted by molar-refractivity contribution is 0.104. The standard InChI is InChI=1S/C15H24N6/c1-11-17-15(19-18-11)13-6-8-21(10-14(13)20(2)3)9-12-5-4-7-16-12/h4-5,7,13-14,16H,6,8-10H2,1-3H3,(H,17,18,19)/t13-,14+/m0/s1. The van der Waals surface area contributed by atoms with Crippen LogP contribution in [0, 0.1) is 6.92 Å². The largest absolute Gasteiger partial charge is 0.364 e. The first-order valence-electron chi connectivity index (χ1n) is 7.53. The first-order chi connectivity index (χ1) is 10.1. The molecule has 0 aliphatic carbocycles. The van der Waals surface area contributed by atoms with Gasteiger partial charge in [-0.15, -0.1) is 0 Å². The van der Waals surface area contributed by atoms with Crippen LogP contribution < -0.4 is 0 Å². The molecule has 0 radical (unpaired) electrons. The van der Waals surface area contributed by atoms with Crippen molar-refractivity contribution in [3.8, 4) is 0 Å². The maximum absolute atomic E-state index is 4.55. The summed E-state index contributed by atoms with van der Waals surface area (Å²) >= 11 is 0. The van der Waals surface area contributed by atoms with Crippen molar-refractivity contribution in [2.45, 2.75) is 31.8 Å². The topological polar surface area (TPSA) is 63.8 Å². The molecule has 0 saturated carbocycles. The number of hydrogen-bond acceptors (Lipinski definition) is 4. The SMILES string of the molecule is Cc1nc([C@H]2CCN(Cc3ccc[nH]3)C[C@H]2N(C)C)n[nH]1. The molecule has 0 aromatic carbocycles. The van der Waals surface area contributed by atoms with Crippen LogP contribution in [0.5, 0.6) is 0 Å². The first kappa shape index (κ1) is 14.3. The summed E-state index contributed by atoms with van der Waals surface area (Å²) in [6.45, 7) is 5.07. The van der Waals surface area contributed by atoms with Gasteiger partial charge in [-0.3, -0.25) is 10.00 Å². The number of aromatic amines is 2. The molecule has 2 N–H and O–H groups in total. The normalized spacial score (nSPS) is 23.8. The predicted molar refractivity (Wildman–Crippen MR) is 82.0 cm³/mol. The van der Waals surface area contributed by atoms with Gasteiger partial charge in [0.15, 0.2) is 5.82 Å². The van der Waals surface area contributed by atoms with E-state index in [0.717, 1.165) is 37.7 Å². The minimum absolute atomic E-state index is 0.407. The van der Waals surface area contributed by atoms with Crippen LogP contribution in [-0.4, -0.2) is 63.2 Å². The second-order valence-corrected chi connectivity index (χ2v) is 6.14. The van der Waals surface area contributed by atoms with Gasteiger partial charge in [-0.25, -0.2) is 4.98 Å². The Kier molecular flexibility index (Phi) is 4.07. The molecule has 1 fully saturated rings. The Hall–Kier alpha value is -1.66. The summed E-state index contributed by atoms with van der Waals surface area (Å²) in [6, 6.07) is 4.65. The fraction of sp³-hybridized carbons (Fsp3) is 0.600. The number of nitrogens with zero attached hydrogens (tertiary/aromatic N) is 4. The van der Waals surface area contributed by atoms with Crippen LogP contribution in [0.15, 0.2) is 18.3 Å². The van der Waals surface area contributed by atoms with Crippen LogP contribution >= 0.6 is 0 Å². The summed E-state index contributed by atoms with van der Waals surface area (Å²) < 4.78 is 0. The second kappa shape index (κ2) is 5.99. The predicted octanol–water partition coefficient (Wildman–Crippen LogP) is 1.36. The molecule has 0 spiro atoms. The number of likely N-dealkylation sites (tertiary alicyclic amines) is 1. The molecular formula is C15H24N6. The van der Waals surface area contributed by atoms with Crippen LogP contribution in [0.2, 0.25) is 0 Å². The number of likely N-dealkylation sites (N-methyl/N-ethyl adjacent to an activating group) is 1. The summed E-state index contributed by atoms with van der Waals surface area (Å²) in [5, 5.41) is 7.36. The Morgan fingerprint density at radius 3 is 2.90 bits per heavy atom. The third-order valence-electron chi connectivity index (χ3n) is 4.33. The van der Waals surface area contributed by atoms with Gasteiger partial charge in [0.2, 0.25) is 0 Å². The van der Waals surface area contributed by atoms with Crippen molar-refractivity contribution in [1.29, 1.82) is 0 Å². The van der Waals surface area contributed by atoms with Crippen molar-refractivity contribution >= 4 is 0 Å². The third kappa shape index (κ3) is 3.16. The molecule has 0 bridgehead atoms. The fourth-order valence-electron chi connectivity index (χ4n) is 3.20. The second-order valence-electron chi connectivity index (χ2n) is 6.14. The summed E-state index contributed by atoms with van der Waals surface area (Å²) in [4.78, 5) is 12.6. The van der Waals surface area contributed by atoms with Crippen molar-refractivity contribution in [1.82, 2.24) is 30.0 Å².